The maximum absolute atomic E-state index is 12.2. The number of hydrogen-bond acceptors (Lipinski definition) is 6. The molecule has 1 aliphatic carbocycles. The number of amides is 2. The fourth-order valence-electron chi connectivity index (χ4n) is 2.90. The lowest BCUT2D eigenvalue weighted by molar-refractivity contribution is -0.117. The second-order valence-corrected chi connectivity index (χ2v) is 8.27. The highest BCUT2D eigenvalue weighted by Crippen LogP contribution is 2.33. The van der Waals surface area contributed by atoms with E-state index in [9.17, 15) is 9.59 Å². The van der Waals surface area contributed by atoms with E-state index in [0.29, 0.717) is 23.0 Å². The van der Waals surface area contributed by atoms with Crippen LogP contribution in [-0.4, -0.2) is 28.8 Å². The third kappa shape index (κ3) is 5.29. The fourth-order valence-corrected chi connectivity index (χ4v) is 3.30. The number of nitrogens with one attached hydrogen (secondary N) is 4. The Bertz CT molecular complexity index is 1120. The summed E-state index contributed by atoms with van der Waals surface area (Å²) in [6.07, 6.45) is 3.61. The van der Waals surface area contributed by atoms with Gasteiger partial charge in [0.2, 0.25) is 11.9 Å². The molecule has 4 N–H and O–H groups in total. The second-order valence-electron chi connectivity index (χ2n) is 7.11. The van der Waals surface area contributed by atoms with Crippen LogP contribution < -0.4 is 21.3 Å². The number of rotatable bonds is 7. The Labute approximate surface area is 193 Å². The van der Waals surface area contributed by atoms with E-state index in [2.05, 4.69) is 53.8 Å². The Morgan fingerprint density at radius 2 is 1.71 bits per heavy atom. The number of nitrogens with zero attached hydrogens (tertiary/aromatic N) is 2. The van der Waals surface area contributed by atoms with E-state index < -0.39 is 0 Å². The van der Waals surface area contributed by atoms with E-state index in [1.54, 1.807) is 37.5 Å². The maximum Gasteiger partial charge on any atom is 0.251 e. The summed E-state index contributed by atoms with van der Waals surface area (Å²) in [5, 5.41) is 12.0. The molecular weight excluding hydrogens is 507 g/mol. The first kappa shape index (κ1) is 21.0. The van der Waals surface area contributed by atoms with Crippen molar-refractivity contribution in [3.63, 3.8) is 0 Å². The van der Waals surface area contributed by atoms with Gasteiger partial charge in [-0.25, -0.2) is 4.98 Å². The summed E-state index contributed by atoms with van der Waals surface area (Å²) in [5.74, 6) is 1.06. The van der Waals surface area contributed by atoms with Crippen LogP contribution in [-0.2, 0) is 4.79 Å². The number of aromatic nitrogens is 2. The van der Waals surface area contributed by atoms with Gasteiger partial charge in [-0.2, -0.15) is 4.98 Å². The first-order valence-corrected chi connectivity index (χ1v) is 10.9. The standard InChI is InChI=1S/C22H21IN6O2/c1-24-20(30)13-8-10-15(11-9-13)26-22-25-12-16(23)19(29-22)27-17-4-2-3-5-18(17)28-21(31)14-6-7-14/h2-5,8-12,14H,6-7H2,1H3,(H,24,30)(H,28,31)(H2,25,26,27,29). The smallest absolute Gasteiger partial charge is 0.251 e. The van der Waals surface area contributed by atoms with Gasteiger partial charge in [-0.15, -0.1) is 0 Å². The summed E-state index contributed by atoms with van der Waals surface area (Å²) < 4.78 is 0.835. The SMILES string of the molecule is CNC(=O)c1ccc(Nc2ncc(I)c(Nc3ccccc3NC(=O)C3CC3)n2)cc1. The van der Waals surface area contributed by atoms with Crippen LogP contribution in [0.25, 0.3) is 0 Å². The molecule has 1 fully saturated rings. The van der Waals surface area contributed by atoms with Crippen molar-refractivity contribution in [3.8, 4) is 0 Å². The van der Waals surface area contributed by atoms with Crippen molar-refractivity contribution in [2.75, 3.05) is 23.0 Å². The van der Waals surface area contributed by atoms with Crippen LogP contribution in [0, 0.1) is 9.49 Å². The summed E-state index contributed by atoms with van der Waals surface area (Å²) in [6, 6.07) is 14.6. The van der Waals surface area contributed by atoms with Gasteiger partial charge in [-0.05, 0) is 71.8 Å². The number of para-hydroxylation sites is 2. The van der Waals surface area contributed by atoms with Crippen molar-refractivity contribution in [2.24, 2.45) is 5.92 Å². The summed E-state index contributed by atoms with van der Waals surface area (Å²) in [4.78, 5) is 32.8. The molecule has 0 bridgehead atoms. The van der Waals surface area contributed by atoms with Gasteiger partial charge in [-0.3, -0.25) is 9.59 Å². The molecule has 3 aromatic rings. The Balaban J connectivity index is 1.51. The van der Waals surface area contributed by atoms with Gasteiger partial charge < -0.3 is 21.3 Å². The lowest BCUT2D eigenvalue weighted by Crippen LogP contribution is -2.17. The van der Waals surface area contributed by atoms with Crippen LogP contribution in [0.1, 0.15) is 23.2 Å². The summed E-state index contributed by atoms with van der Waals surface area (Å²) in [5.41, 5.74) is 2.81. The third-order valence-electron chi connectivity index (χ3n) is 4.76. The highest BCUT2D eigenvalue weighted by molar-refractivity contribution is 14.1. The molecule has 0 radical (unpaired) electrons. The molecule has 0 spiro atoms. The van der Waals surface area contributed by atoms with E-state index in [4.69, 9.17) is 0 Å². The first-order valence-electron chi connectivity index (χ1n) is 9.82. The van der Waals surface area contributed by atoms with Crippen LogP contribution >= 0.6 is 22.6 Å². The molecular formula is C22H21IN6O2. The van der Waals surface area contributed by atoms with Gasteiger partial charge in [0.1, 0.15) is 5.82 Å². The fraction of sp³-hybridized carbons (Fsp3) is 0.182. The molecule has 4 rings (SSSR count). The second kappa shape index (κ2) is 9.29. The molecule has 158 valence electrons. The average molecular weight is 528 g/mol. The third-order valence-corrected chi connectivity index (χ3v) is 5.55. The zero-order chi connectivity index (χ0) is 21.8. The van der Waals surface area contributed by atoms with E-state index in [1.807, 2.05) is 24.3 Å². The maximum atomic E-state index is 12.2. The minimum Gasteiger partial charge on any atom is -0.355 e. The average Bonchev–Trinajstić information content (AvgIpc) is 3.63. The monoisotopic (exact) mass is 528 g/mol. The van der Waals surface area contributed by atoms with Crippen LogP contribution in [0.5, 0.6) is 0 Å². The Kier molecular flexibility index (Phi) is 6.31. The lowest BCUT2D eigenvalue weighted by Gasteiger charge is -2.14. The molecule has 9 heteroatoms. The van der Waals surface area contributed by atoms with Gasteiger partial charge in [0.15, 0.2) is 0 Å². The van der Waals surface area contributed by atoms with Gasteiger partial charge in [-0.1, -0.05) is 12.1 Å². The first-order chi connectivity index (χ1) is 15.0. The van der Waals surface area contributed by atoms with Crippen molar-refractivity contribution in [3.05, 3.63) is 63.9 Å². The molecule has 1 saturated carbocycles. The molecule has 8 nitrogen and oxygen atoms in total. The van der Waals surface area contributed by atoms with Crippen LogP contribution in [0.3, 0.4) is 0 Å². The van der Waals surface area contributed by atoms with Crippen molar-refractivity contribution in [2.45, 2.75) is 12.8 Å². The van der Waals surface area contributed by atoms with Gasteiger partial charge >= 0.3 is 0 Å². The van der Waals surface area contributed by atoms with Gasteiger partial charge in [0.25, 0.3) is 5.91 Å². The quantitative estimate of drug-likeness (QED) is 0.341. The van der Waals surface area contributed by atoms with Crippen molar-refractivity contribution in [1.29, 1.82) is 0 Å². The molecule has 1 heterocycles. The van der Waals surface area contributed by atoms with Crippen LogP contribution in [0.15, 0.2) is 54.7 Å². The number of carbonyl (C=O) groups is 2. The highest BCUT2D eigenvalue weighted by atomic mass is 127. The predicted molar refractivity (Wildman–Crippen MR) is 129 cm³/mol. The zero-order valence-corrected chi connectivity index (χ0v) is 18.9. The number of hydrogen-bond donors (Lipinski definition) is 4. The van der Waals surface area contributed by atoms with E-state index in [-0.39, 0.29) is 17.7 Å². The molecule has 0 atom stereocenters. The van der Waals surface area contributed by atoms with Gasteiger partial charge in [0.05, 0.1) is 14.9 Å². The van der Waals surface area contributed by atoms with E-state index in [1.165, 1.54) is 0 Å². The molecule has 2 aromatic carbocycles. The molecule has 31 heavy (non-hydrogen) atoms. The molecule has 0 unspecified atom stereocenters. The normalized spacial score (nSPS) is 12.7. The van der Waals surface area contributed by atoms with Crippen molar-refractivity contribution in [1.82, 2.24) is 15.3 Å². The van der Waals surface area contributed by atoms with Crippen molar-refractivity contribution < 1.29 is 9.59 Å². The number of anilines is 5. The molecule has 1 aromatic heterocycles. The Hall–Kier alpha value is -3.21. The summed E-state index contributed by atoms with van der Waals surface area (Å²) in [6.45, 7) is 0. The van der Waals surface area contributed by atoms with Crippen LogP contribution in [0.2, 0.25) is 0 Å². The summed E-state index contributed by atoms with van der Waals surface area (Å²) >= 11 is 2.16. The largest absolute Gasteiger partial charge is 0.355 e. The number of halogens is 1. The minimum absolute atomic E-state index is 0.0502. The topological polar surface area (TPSA) is 108 Å². The Morgan fingerprint density at radius 1 is 1.00 bits per heavy atom. The van der Waals surface area contributed by atoms with Crippen LogP contribution in [0.4, 0.5) is 28.8 Å². The van der Waals surface area contributed by atoms with Gasteiger partial charge in [0, 0.05) is 30.4 Å². The molecule has 1 aliphatic rings. The number of benzene rings is 2. The van der Waals surface area contributed by atoms with E-state index in [0.717, 1.165) is 27.8 Å². The van der Waals surface area contributed by atoms with E-state index >= 15 is 0 Å². The summed E-state index contributed by atoms with van der Waals surface area (Å²) in [7, 11) is 1.60. The molecule has 0 aliphatic heterocycles. The minimum atomic E-state index is -0.143. The Morgan fingerprint density at radius 3 is 2.39 bits per heavy atom. The molecule has 2 amide bonds. The molecule has 0 saturated heterocycles. The highest BCUT2D eigenvalue weighted by Gasteiger charge is 2.30. The van der Waals surface area contributed by atoms with Crippen molar-refractivity contribution >= 4 is 63.2 Å². The lowest BCUT2D eigenvalue weighted by atomic mass is 10.2. The zero-order valence-electron chi connectivity index (χ0n) is 16.8. The predicted octanol–water partition coefficient (Wildman–Crippen LogP) is 4.28. The number of carbonyl (C=O) groups excluding carboxylic acids is 2.